The van der Waals surface area contributed by atoms with E-state index >= 15 is 0 Å². The molecule has 0 bridgehead atoms. The van der Waals surface area contributed by atoms with E-state index in [4.69, 9.17) is 20.9 Å². The zero-order chi connectivity index (χ0) is 54.3. The Morgan fingerprint density at radius 1 is 0.558 bits per heavy atom. The third-order valence-electron chi connectivity index (χ3n) is 14.1. The topological polar surface area (TPSA) is 422 Å². The second kappa shape index (κ2) is 23.5. The van der Waals surface area contributed by atoms with Crippen LogP contribution in [0.15, 0.2) is 67.7 Å². The number of nitrogen functional groups attached to an aromatic ring is 2. The van der Waals surface area contributed by atoms with E-state index in [9.17, 15) is 68.8 Å². The van der Waals surface area contributed by atoms with Crippen LogP contribution in [0.2, 0.25) is 0 Å². The molecule has 4 saturated heterocycles. The highest BCUT2D eigenvalue weighted by molar-refractivity contribution is 5.72. The Bertz CT molecular complexity index is 3020. The van der Waals surface area contributed by atoms with Crippen LogP contribution in [-0.4, -0.2) is 222 Å². The van der Waals surface area contributed by atoms with Crippen LogP contribution in [0.1, 0.15) is 12.5 Å². The molecule has 4 aromatic heterocycles. The molecule has 420 valence electrons. The largest absolute Gasteiger partial charge is 0.412 e. The molecule has 0 radical (unpaired) electrons. The Kier molecular flexibility index (Phi) is 17.2. The van der Waals surface area contributed by atoms with Gasteiger partial charge in [-0.15, -0.1) is 0 Å². The molecule has 0 saturated carbocycles. The van der Waals surface area contributed by atoms with Crippen molar-refractivity contribution in [3.8, 4) is 0 Å². The molecule has 4 fully saturated rings. The number of aliphatic hydroxyl groups excluding tert-OH is 8. The Hall–Kier alpha value is -6.72. The molecule has 4 aliphatic rings. The number of fused-ring (bicyclic) bond motifs is 2. The molecule has 0 aliphatic carbocycles. The first-order valence-electron chi connectivity index (χ1n) is 24.4. The lowest BCUT2D eigenvalue weighted by molar-refractivity contribution is -0.0529. The summed E-state index contributed by atoms with van der Waals surface area (Å²) in [4.78, 5) is 73.4. The van der Waals surface area contributed by atoms with Crippen molar-refractivity contribution < 1.29 is 64.6 Å². The first-order chi connectivity index (χ1) is 36.3. The van der Waals surface area contributed by atoms with Crippen LogP contribution in [0.25, 0.3) is 22.3 Å². The van der Waals surface area contributed by atoms with E-state index in [2.05, 4.69) is 29.7 Å². The third-order valence-corrected chi connectivity index (χ3v) is 14.1. The van der Waals surface area contributed by atoms with Crippen molar-refractivity contribution >= 4 is 45.6 Å². The maximum Gasteiger partial charge on any atom is 0.332 e. The first kappa shape index (κ1) is 56.5. The van der Waals surface area contributed by atoms with Crippen LogP contribution in [0.4, 0.5) is 32.1 Å². The number of aromatic nitrogens is 8. The van der Waals surface area contributed by atoms with Gasteiger partial charge in [0.05, 0.1) is 38.5 Å². The molecule has 10 rings (SSSR count). The molecule has 31 heteroatoms. The molecule has 2 unspecified atom stereocenters. The number of hydrogen-bond donors (Lipinski definition) is 12. The van der Waals surface area contributed by atoms with E-state index in [0.717, 1.165) is 29.6 Å². The van der Waals surface area contributed by atoms with E-state index in [-0.39, 0.29) is 77.5 Å². The Morgan fingerprint density at radius 3 is 1.21 bits per heavy atom. The summed E-state index contributed by atoms with van der Waals surface area (Å²) in [6.07, 6.45) is -13.4. The molecule has 10 atom stereocenters. The quantitative estimate of drug-likeness (QED) is 0.0483. The van der Waals surface area contributed by atoms with Crippen LogP contribution < -0.4 is 43.8 Å². The number of piperazine rings is 2. The van der Waals surface area contributed by atoms with Gasteiger partial charge in [0.15, 0.2) is 34.8 Å². The number of nitrogens with zero attached hydrogens (tertiary/aromatic N) is 10. The first-order valence-corrected chi connectivity index (χ1v) is 24.4. The summed E-state index contributed by atoms with van der Waals surface area (Å²) in [5, 5.41) is 81.9. The number of H-pyrrole nitrogens is 2. The number of aromatic amines is 2. The maximum absolute atomic E-state index is 13.4. The molecule has 2 aromatic carbocycles. The standard InChI is InChI=1S/2C23H30FN7O7.H2O/c2*24-12-1-3-13(4-2-12)29-7-5-28(6-8-29)9-14(33)10-30-16-19(26-22(25)27-20(16)36)31(23(30)37)21-18(35)17(34)15(11-32)38-21;/h2*1-4,14-15,17-18,21,32-35H,5-11H2,(H3,25,26,27,36);1H2/t2*14?,15-,17-,18-,21-;/m11./s1. The van der Waals surface area contributed by atoms with Gasteiger partial charge in [0, 0.05) is 76.8 Å². The second-order valence-corrected chi connectivity index (χ2v) is 19.1. The zero-order valence-electron chi connectivity index (χ0n) is 41.2. The van der Waals surface area contributed by atoms with Gasteiger partial charge in [-0.05, 0) is 48.5 Å². The van der Waals surface area contributed by atoms with Gasteiger partial charge in [0.2, 0.25) is 11.9 Å². The number of nitrogens with two attached hydrogens (primary N) is 2. The van der Waals surface area contributed by atoms with Crippen molar-refractivity contribution in [1.82, 2.24) is 48.0 Å². The van der Waals surface area contributed by atoms with Gasteiger partial charge in [-0.25, -0.2) is 27.5 Å². The number of rotatable bonds is 14. The Labute approximate surface area is 433 Å². The van der Waals surface area contributed by atoms with Crippen LogP contribution in [0.3, 0.4) is 0 Å². The SMILES string of the molecule is Nc1nc2c(c(=O)[nH]1)n(CC(O)CN1CCN(c3ccc(F)cc3)CC1)c(=O)n2[C@@H]1O[C@H](CO)[C@@H](O)[C@H]1O.Nc1nc2c(c(=O)[nH]1)n(CC(O)CN1CCN(c3ccc(F)cc3)CC1)c(=O)n2[C@@H]1O[C@H](CO)[C@@H](O)[C@H]1O.O. The van der Waals surface area contributed by atoms with Gasteiger partial charge in [0.25, 0.3) is 11.1 Å². The van der Waals surface area contributed by atoms with Crippen molar-refractivity contribution in [1.29, 1.82) is 0 Å². The fourth-order valence-electron chi connectivity index (χ4n) is 10.2. The summed E-state index contributed by atoms with van der Waals surface area (Å²) in [5.41, 5.74) is 9.39. The molecule has 16 N–H and O–H groups in total. The van der Waals surface area contributed by atoms with Crippen LogP contribution >= 0.6 is 0 Å². The second-order valence-electron chi connectivity index (χ2n) is 19.1. The molecule has 4 aliphatic heterocycles. The summed E-state index contributed by atoms with van der Waals surface area (Å²) >= 11 is 0. The van der Waals surface area contributed by atoms with Gasteiger partial charge in [-0.1, -0.05) is 0 Å². The molecule has 0 amide bonds. The summed E-state index contributed by atoms with van der Waals surface area (Å²) in [5.74, 6) is -1.16. The van der Waals surface area contributed by atoms with Crippen LogP contribution in [-0.2, 0) is 22.6 Å². The third kappa shape index (κ3) is 11.5. The number of nitrogens with one attached hydrogen (secondary N) is 2. The number of imidazole rings is 2. The van der Waals surface area contributed by atoms with Crippen molar-refractivity contribution in [2.45, 2.75) is 74.4 Å². The van der Waals surface area contributed by atoms with E-state index in [1.165, 1.54) is 24.3 Å². The monoisotopic (exact) mass is 1090 g/mol. The van der Waals surface area contributed by atoms with Gasteiger partial charge in [-0.3, -0.25) is 38.5 Å². The molecular formula is C46H62F2N14O15. The summed E-state index contributed by atoms with van der Waals surface area (Å²) in [6.45, 7) is 3.80. The lowest BCUT2D eigenvalue weighted by Gasteiger charge is -2.36. The number of hydrogen-bond acceptors (Lipinski definition) is 22. The summed E-state index contributed by atoms with van der Waals surface area (Å²) in [6, 6.07) is 12.5. The molecule has 77 heavy (non-hydrogen) atoms. The van der Waals surface area contributed by atoms with Crippen molar-refractivity contribution in [2.24, 2.45) is 0 Å². The number of benzene rings is 2. The van der Waals surface area contributed by atoms with Gasteiger partial charge >= 0.3 is 11.4 Å². The molecular weight excluding hydrogens is 1030 g/mol. The molecule has 0 spiro atoms. The fraction of sp³-hybridized carbons (Fsp3) is 0.522. The van der Waals surface area contributed by atoms with E-state index in [0.29, 0.717) is 52.4 Å². The predicted octanol–water partition coefficient (Wildman–Crippen LogP) is -6.02. The lowest BCUT2D eigenvalue weighted by atomic mass is 10.1. The minimum atomic E-state index is -1.59. The predicted molar refractivity (Wildman–Crippen MR) is 270 cm³/mol. The molecule has 6 aromatic rings. The van der Waals surface area contributed by atoms with Crippen LogP contribution in [0.5, 0.6) is 0 Å². The average molecular weight is 1090 g/mol. The van der Waals surface area contributed by atoms with E-state index in [1.54, 1.807) is 24.3 Å². The number of anilines is 4. The van der Waals surface area contributed by atoms with Gasteiger partial charge in [0.1, 0.15) is 48.3 Å². The molecule has 29 nitrogen and oxygen atoms in total. The highest BCUT2D eigenvalue weighted by Gasteiger charge is 2.47. The Balaban J connectivity index is 0.000000201. The fourth-order valence-corrected chi connectivity index (χ4v) is 10.2. The normalized spacial score (nSPS) is 25.0. The number of ether oxygens (including phenoxy) is 2. The van der Waals surface area contributed by atoms with Crippen molar-refractivity contribution in [3.05, 3.63) is 102 Å². The van der Waals surface area contributed by atoms with E-state index in [1.807, 2.05) is 9.80 Å². The van der Waals surface area contributed by atoms with E-state index < -0.39 is 97.0 Å². The smallest absolute Gasteiger partial charge is 0.332 e. The van der Waals surface area contributed by atoms with Crippen molar-refractivity contribution in [3.63, 3.8) is 0 Å². The van der Waals surface area contributed by atoms with Crippen molar-refractivity contribution in [2.75, 3.05) is 99.9 Å². The minimum Gasteiger partial charge on any atom is -0.412 e. The average Bonchev–Trinajstić information content (AvgIpc) is 4.03. The number of halogens is 2. The minimum absolute atomic E-state index is 0. The maximum atomic E-state index is 13.4. The summed E-state index contributed by atoms with van der Waals surface area (Å²) in [7, 11) is 0. The Morgan fingerprint density at radius 2 is 0.896 bits per heavy atom. The van der Waals surface area contributed by atoms with Gasteiger partial charge < -0.3 is 77.1 Å². The van der Waals surface area contributed by atoms with Crippen LogP contribution in [0, 0.1) is 11.6 Å². The number of β-amino-alcohol motifs (C(OH)–C–C–N with tert-alkyl or cyclic N) is 2. The number of aliphatic hydroxyl groups is 8. The highest BCUT2D eigenvalue weighted by Crippen LogP contribution is 2.32. The molecule has 8 heterocycles. The highest BCUT2D eigenvalue weighted by atomic mass is 19.1. The zero-order valence-corrected chi connectivity index (χ0v) is 41.2. The van der Waals surface area contributed by atoms with Gasteiger partial charge in [-0.2, -0.15) is 9.97 Å². The lowest BCUT2D eigenvalue weighted by Crippen LogP contribution is -2.49. The summed E-state index contributed by atoms with van der Waals surface area (Å²) < 4.78 is 41.3.